The summed E-state index contributed by atoms with van der Waals surface area (Å²) in [4.78, 5) is 28.3. The van der Waals surface area contributed by atoms with Gasteiger partial charge >= 0.3 is 0 Å². The molecule has 7 heteroatoms. The first-order valence-corrected chi connectivity index (χ1v) is 12.5. The predicted molar refractivity (Wildman–Crippen MR) is 141 cm³/mol. The van der Waals surface area contributed by atoms with Crippen LogP contribution in [-0.2, 0) is 22.6 Å². The summed E-state index contributed by atoms with van der Waals surface area (Å²) in [6.07, 6.45) is 1.15. The molecule has 0 bridgehead atoms. The third-order valence-corrected chi connectivity index (χ3v) is 6.16. The number of ether oxygens (including phenoxy) is 1. The molecule has 0 aromatic heterocycles. The molecule has 0 fully saturated rings. The van der Waals surface area contributed by atoms with E-state index in [2.05, 4.69) is 5.32 Å². The van der Waals surface area contributed by atoms with Crippen LogP contribution in [-0.4, -0.2) is 35.9 Å². The maximum Gasteiger partial charge on any atom is 0.243 e. The van der Waals surface area contributed by atoms with Crippen LogP contribution in [0.3, 0.4) is 0 Å². The summed E-state index contributed by atoms with van der Waals surface area (Å²) in [5.41, 5.74) is 1.77. The number of nitrogens with one attached hydrogen (secondary N) is 1. The zero-order valence-corrected chi connectivity index (χ0v) is 21.3. The van der Waals surface area contributed by atoms with Crippen LogP contribution in [0.15, 0.2) is 78.9 Å². The maximum absolute atomic E-state index is 13.5. The summed E-state index contributed by atoms with van der Waals surface area (Å²) < 4.78 is 5.74. The fraction of sp³-hybridized carbons (Fsp3) is 0.286. The van der Waals surface area contributed by atoms with Crippen molar-refractivity contribution in [2.75, 3.05) is 13.2 Å². The Balaban J connectivity index is 1.77. The second-order valence-corrected chi connectivity index (χ2v) is 8.96. The number of carbonyl (C=O) groups excluding carboxylic acids is 2. The summed E-state index contributed by atoms with van der Waals surface area (Å²) in [5.74, 6) is 0.380. The van der Waals surface area contributed by atoms with Gasteiger partial charge in [-0.2, -0.15) is 0 Å². The van der Waals surface area contributed by atoms with Crippen LogP contribution >= 0.6 is 23.2 Å². The van der Waals surface area contributed by atoms with Gasteiger partial charge in [0.1, 0.15) is 11.8 Å². The van der Waals surface area contributed by atoms with E-state index < -0.39 is 6.04 Å². The Bertz CT molecular complexity index is 1090. The van der Waals surface area contributed by atoms with E-state index in [9.17, 15) is 9.59 Å². The molecule has 0 spiro atoms. The Kier molecular flexibility index (Phi) is 10.5. The topological polar surface area (TPSA) is 58.6 Å². The molecule has 0 heterocycles. The average molecular weight is 513 g/mol. The van der Waals surface area contributed by atoms with Crippen molar-refractivity contribution in [3.05, 3.63) is 100 Å². The molecule has 0 aliphatic rings. The van der Waals surface area contributed by atoms with Gasteiger partial charge in [0.25, 0.3) is 0 Å². The average Bonchev–Trinajstić information content (AvgIpc) is 2.86. The lowest BCUT2D eigenvalue weighted by atomic mass is 10.0. The van der Waals surface area contributed by atoms with Crippen LogP contribution in [0.25, 0.3) is 0 Å². The molecule has 1 atom stereocenters. The van der Waals surface area contributed by atoms with Crippen LogP contribution < -0.4 is 10.1 Å². The Morgan fingerprint density at radius 3 is 2.31 bits per heavy atom. The van der Waals surface area contributed by atoms with Crippen LogP contribution in [0.5, 0.6) is 5.75 Å². The van der Waals surface area contributed by atoms with Crippen molar-refractivity contribution in [1.29, 1.82) is 0 Å². The molecule has 3 aromatic carbocycles. The highest BCUT2D eigenvalue weighted by Crippen LogP contribution is 2.22. The van der Waals surface area contributed by atoms with Gasteiger partial charge in [0.15, 0.2) is 0 Å². The number of likely N-dealkylation sites (N-methyl/N-ethyl adjacent to an activating group) is 1. The molecule has 0 saturated carbocycles. The molecule has 0 saturated heterocycles. The minimum Gasteiger partial charge on any atom is -0.494 e. The van der Waals surface area contributed by atoms with Crippen molar-refractivity contribution in [2.45, 2.75) is 38.8 Å². The minimum absolute atomic E-state index is 0.128. The first-order chi connectivity index (χ1) is 17.0. The van der Waals surface area contributed by atoms with Gasteiger partial charge in [0, 0.05) is 36.0 Å². The Labute approximate surface area is 217 Å². The van der Waals surface area contributed by atoms with Crippen molar-refractivity contribution in [2.24, 2.45) is 0 Å². The van der Waals surface area contributed by atoms with Crippen LogP contribution in [0, 0.1) is 0 Å². The molecule has 0 radical (unpaired) electrons. The molecule has 3 rings (SSSR count). The van der Waals surface area contributed by atoms with E-state index in [0.717, 1.165) is 11.1 Å². The number of amides is 2. The smallest absolute Gasteiger partial charge is 0.243 e. The maximum atomic E-state index is 13.5. The predicted octanol–water partition coefficient (Wildman–Crippen LogP) is 5.93. The quantitative estimate of drug-likeness (QED) is 0.306. The molecule has 0 unspecified atom stereocenters. The van der Waals surface area contributed by atoms with Crippen LogP contribution in [0.4, 0.5) is 0 Å². The number of nitrogens with zero attached hydrogens (tertiary/aromatic N) is 1. The fourth-order valence-electron chi connectivity index (χ4n) is 3.74. The summed E-state index contributed by atoms with van der Waals surface area (Å²) >= 11 is 12.3. The molecule has 184 valence electrons. The number of hydrogen-bond acceptors (Lipinski definition) is 3. The summed E-state index contributed by atoms with van der Waals surface area (Å²) in [5, 5.41) is 4.09. The van der Waals surface area contributed by atoms with E-state index >= 15 is 0 Å². The van der Waals surface area contributed by atoms with Crippen molar-refractivity contribution in [3.63, 3.8) is 0 Å². The molecule has 0 aliphatic heterocycles. The molecular weight excluding hydrogens is 483 g/mol. The summed E-state index contributed by atoms with van der Waals surface area (Å²) in [7, 11) is 0. The van der Waals surface area contributed by atoms with Gasteiger partial charge in [0.2, 0.25) is 11.8 Å². The van der Waals surface area contributed by atoms with Crippen LogP contribution in [0.1, 0.15) is 30.9 Å². The van der Waals surface area contributed by atoms with Gasteiger partial charge in [0.05, 0.1) is 6.61 Å². The first kappa shape index (κ1) is 26.6. The Morgan fingerprint density at radius 2 is 1.63 bits per heavy atom. The van der Waals surface area contributed by atoms with Crippen LogP contribution in [0.2, 0.25) is 10.0 Å². The monoisotopic (exact) mass is 512 g/mol. The van der Waals surface area contributed by atoms with E-state index in [4.69, 9.17) is 27.9 Å². The third kappa shape index (κ3) is 8.30. The lowest BCUT2D eigenvalue weighted by molar-refractivity contribution is -0.141. The van der Waals surface area contributed by atoms with E-state index in [1.165, 1.54) is 0 Å². The van der Waals surface area contributed by atoms with Crippen molar-refractivity contribution in [3.8, 4) is 5.75 Å². The molecular formula is C28H30Cl2N2O3. The zero-order chi connectivity index (χ0) is 25.0. The number of halogens is 2. The van der Waals surface area contributed by atoms with Gasteiger partial charge in [-0.15, -0.1) is 0 Å². The van der Waals surface area contributed by atoms with Crippen molar-refractivity contribution >= 4 is 35.0 Å². The van der Waals surface area contributed by atoms with Crippen molar-refractivity contribution in [1.82, 2.24) is 10.2 Å². The van der Waals surface area contributed by atoms with Gasteiger partial charge in [-0.05, 0) is 54.8 Å². The second-order valence-electron chi connectivity index (χ2n) is 8.12. The van der Waals surface area contributed by atoms with E-state index in [1.807, 2.05) is 55.5 Å². The number of benzene rings is 3. The number of hydrogen-bond donors (Lipinski definition) is 1. The van der Waals surface area contributed by atoms with E-state index in [0.29, 0.717) is 41.8 Å². The third-order valence-electron chi connectivity index (χ3n) is 5.54. The first-order valence-electron chi connectivity index (χ1n) is 11.7. The van der Waals surface area contributed by atoms with Gasteiger partial charge in [-0.25, -0.2) is 0 Å². The zero-order valence-electron chi connectivity index (χ0n) is 19.8. The second kappa shape index (κ2) is 13.8. The van der Waals surface area contributed by atoms with Gasteiger partial charge in [-0.3, -0.25) is 9.59 Å². The van der Waals surface area contributed by atoms with Gasteiger partial charge in [-0.1, -0.05) is 71.7 Å². The highest BCUT2D eigenvalue weighted by Gasteiger charge is 2.30. The lowest BCUT2D eigenvalue weighted by Crippen LogP contribution is -2.50. The molecule has 5 nitrogen and oxygen atoms in total. The molecule has 0 aliphatic carbocycles. The molecule has 35 heavy (non-hydrogen) atoms. The number of rotatable bonds is 12. The summed E-state index contributed by atoms with van der Waals surface area (Å²) in [6, 6.07) is 23.5. The summed E-state index contributed by atoms with van der Waals surface area (Å²) in [6.45, 7) is 2.96. The standard InChI is InChI=1S/C28H30Cl2N2O3/c1-2-31-28(34)26(19-21-9-4-3-5-10-21)32(20-22-11-6-7-12-25(22)30)27(33)13-8-18-35-24-16-14-23(29)15-17-24/h3-7,9-12,14-17,26H,2,8,13,18-20H2,1H3,(H,31,34)/t26-/m1/s1. The highest BCUT2D eigenvalue weighted by molar-refractivity contribution is 6.31. The Hall–Kier alpha value is -3.02. The largest absolute Gasteiger partial charge is 0.494 e. The normalized spacial score (nSPS) is 11.5. The molecule has 1 N–H and O–H groups in total. The van der Waals surface area contributed by atoms with Crippen molar-refractivity contribution < 1.29 is 14.3 Å². The van der Waals surface area contributed by atoms with E-state index in [-0.39, 0.29) is 24.8 Å². The molecule has 3 aromatic rings. The SMILES string of the molecule is CCNC(=O)[C@@H](Cc1ccccc1)N(Cc1ccccc1Cl)C(=O)CCCOc1ccc(Cl)cc1. The van der Waals surface area contributed by atoms with E-state index in [1.54, 1.807) is 35.2 Å². The Morgan fingerprint density at radius 1 is 0.943 bits per heavy atom. The minimum atomic E-state index is -0.668. The van der Waals surface area contributed by atoms with Gasteiger partial charge < -0.3 is 15.0 Å². The molecule has 2 amide bonds. The fourth-order valence-corrected chi connectivity index (χ4v) is 4.07. The number of carbonyl (C=O) groups is 2. The highest BCUT2D eigenvalue weighted by atomic mass is 35.5. The lowest BCUT2D eigenvalue weighted by Gasteiger charge is -2.32.